The number of pyridine rings is 1. The lowest BCUT2D eigenvalue weighted by molar-refractivity contribution is 1.14. The second kappa shape index (κ2) is 13.0. The molecule has 0 aliphatic rings. The zero-order chi connectivity index (χ0) is 37.0. The molecule has 0 spiro atoms. The third-order valence-electron chi connectivity index (χ3n) is 10.8. The predicted molar refractivity (Wildman–Crippen MR) is 230 cm³/mol. The van der Waals surface area contributed by atoms with Crippen molar-refractivity contribution in [2.24, 2.45) is 0 Å². The Morgan fingerprint density at radius 3 is 1.68 bits per heavy atom. The second-order valence-electron chi connectivity index (χ2n) is 14.1. The number of rotatable bonds is 6. The molecule has 0 saturated carbocycles. The van der Waals surface area contributed by atoms with Crippen LogP contribution in [0.4, 0.5) is 0 Å². The van der Waals surface area contributed by atoms with Crippen LogP contribution in [0, 0.1) is 0 Å². The van der Waals surface area contributed by atoms with Gasteiger partial charge in [0.1, 0.15) is 5.65 Å². The van der Waals surface area contributed by atoms with Crippen LogP contribution in [0.3, 0.4) is 0 Å². The Hall–Kier alpha value is -7.63. The van der Waals surface area contributed by atoms with E-state index in [2.05, 4.69) is 161 Å². The van der Waals surface area contributed by atoms with Crippen LogP contribution < -0.4 is 0 Å². The van der Waals surface area contributed by atoms with Gasteiger partial charge in [-0.3, -0.25) is 4.57 Å². The normalized spacial score (nSPS) is 11.6. The average Bonchev–Trinajstić information content (AvgIpc) is 3.80. The lowest BCUT2D eigenvalue weighted by atomic mass is 10.0. The fourth-order valence-corrected chi connectivity index (χ4v) is 8.22. The van der Waals surface area contributed by atoms with E-state index in [1.165, 1.54) is 16.2 Å². The molecule has 0 atom stereocenters. The van der Waals surface area contributed by atoms with E-state index in [1.54, 1.807) is 0 Å². The molecule has 0 amide bonds. The van der Waals surface area contributed by atoms with Crippen molar-refractivity contribution in [3.05, 3.63) is 200 Å². The number of benzene rings is 7. The SMILES string of the molecule is c1ccc(-c2cc(-c3ccccc3)nc(-c3ccc(-n4c5ccccc5c5cccc(-c6ccc7c8cccnc8n(-c8ccccc8)c7c6)c54)cc3)n2)cc1. The van der Waals surface area contributed by atoms with Crippen molar-refractivity contribution in [3.8, 4) is 56.4 Å². The first kappa shape index (κ1) is 31.9. The second-order valence-corrected chi connectivity index (χ2v) is 14.1. The van der Waals surface area contributed by atoms with Crippen LogP contribution in [-0.2, 0) is 0 Å². The fraction of sp³-hybridized carbons (Fsp3) is 0. The molecule has 0 unspecified atom stereocenters. The summed E-state index contributed by atoms with van der Waals surface area (Å²) < 4.78 is 4.68. The van der Waals surface area contributed by atoms with Gasteiger partial charge >= 0.3 is 0 Å². The highest BCUT2D eigenvalue weighted by Crippen LogP contribution is 2.41. The van der Waals surface area contributed by atoms with E-state index in [4.69, 9.17) is 15.0 Å². The molecule has 5 nitrogen and oxygen atoms in total. The van der Waals surface area contributed by atoms with Crippen LogP contribution in [0.5, 0.6) is 0 Å². The van der Waals surface area contributed by atoms with Crippen LogP contribution in [-0.4, -0.2) is 24.1 Å². The van der Waals surface area contributed by atoms with Crippen LogP contribution in [0.1, 0.15) is 0 Å². The third-order valence-corrected chi connectivity index (χ3v) is 10.8. The smallest absolute Gasteiger partial charge is 0.160 e. The monoisotopic (exact) mass is 715 g/mol. The van der Waals surface area contributed by atoms with Crippen molar-refractivity contribution in [2.45, 2.75) is 0 Å². The van der Waals surface area contributed by atoms with Crippen molar-refractivity contribution in [1.82, 2.24) is 24.1 Å². The Labute approximate surface area is 323 Å². The predicted octanol–water partition coefficient (Wildman–Crippen LogP) is 12.7. The number of hydrogen-bond donors (Lipinski definition) is 0. The first-order valence-corrected chi connectivity index (χ1v) is 18.9. The van der Waals surface area contributed by atoms with Crippen molar-refractivity contribution in [1.29, 1.82) is 0 Å². The molecule has 0 N–H and O–H groups in total. The Morgan fingerprint density at radius 2 is 0.946 bits per heavy atom. The van der Waals surface area contributed by atoms with Crippen LogP contribution in [0.2, 0.25) is 0 Å². The first-order valence-electron chi connectivity index (χ1n) is 18.9. The quantitative estimate of drug-likeness (QED) is 0.172. The highest BCUT2D eigenvalue weighted by atomic mass is 15.0. The standard InChI is InChI=1S/C51H33N5/c1-4-14-34(15-5-1)45-33-46(35-16-6-2-7-17-35)54-50(53-45)36-25-28-39(29-26-36)55-47-24-11-10-20-41(47)43-22-12-21-40(49(43)55)37-27-30-42-44-23-13-31-52-51(44)56(48(42)32-37)38-18-8-3-9-19-38/h1-33H. The molecule has 5 heteroatoms. The average molecular weight is 716 g/mol. The van der Waals surface area contributed by atoms with Gasteiger partial charge in [0, 0.05) is 61.4 Å². The highest BCUT2D eigenvalue weighted by Gasteiger charge is 2.19. The van der Waals surface area contributed by atoms with Gasteiger partial charge in [-0.25, -0.2) is 15.0 Å². The number of fused-ring (bicyclic) bond motifs is 6. The van der Waals surface area contributed by atoms with E-state index in [-0.39, 0.29) is 0 Å². The molecule has 0 aliphatic carbocycles. The minimum Gasteiger partial charge on any atom is -0.309 e. The number of nitrogens with zero attached hydrogens (tertiary/aromatic N) is 5. The minimum absolute atomic E-state index is 0.691. The largest absolute Gasteiger partial charge is 0.309 e. The van der Waals surface area contributed by atoms with Crippen molar-refractivity contribution >= 4 is 43.7 Å². The molecule has 262 valence electrons. The molecule has 0 aliphatic heterocycles. The number of hydrogen-bond acceptors (Lipinski definition) is 3. The van der Waals surface area contributed by atoms with Gasteiger partial charge in [0.25, 0.3) is 0 Å². The van der Waals surface area contributed by atoms with Crippen LogP contribution in [0.25, 0.3) is 100 Å². The van der Waals surface area contributed by atoms with Crippen molar-refractivity contribution < 1.29 is 0 Å². The summed E-state index contributed by atoms with van der Waals surface area (Å²) >= 11 is 0. The molecule has 0 radical (unpaired) electrons. The van der Waals surface area contributed by atoms with Gasteiger partial charge in [0.2, 0.25) is 0 Å². The highest BCUT2D eigenvalue weighted by molar-refractivity contribution is 6.15. The maximum absolute atomic E-state index is 5.09. The van der Waals surface area contributed by atoms with E-state index < -0.39 is 0 Å². The summed E-state index contributed by atoms with van der Waals surface area (Å²) in [5.74, 6) is 0.691. The third kappa shape index (κ3) is 5.21. The van der Waals surface area contributed by atoms with E-state index in [0.29, 0.717) is 5.82 Å². The summed E-state index contributed by atoms with van der Waals surface area (Å²) in [4.78, 5) is 15.0. The van der Waals surface area contributed by atoms with Gasteiger partial charge < -0.3 is 4.57 Å². The molecule has 0 bridgehead atoms. The summed E-state index contributed by atoms with van der Waals surface area (Å²) in [7, 11) is 0. The Morgan fingerprint density at radius 1 is 0.357 bits per heavy atom. The lowest BCUT2D eigenvalue weighted by Crippen LogP contribution is -1.98. The molecular formula is C51H33N5. The summed E-state index contributed by atoms with van der Waals surface area (Å²) in [5, 5.41) is 4.74. The number of aromatic nitrogens is 5. The summed E-state index contributed by atoms with van der Waals surface area (Å²) in [6.45, 7) is 0. The lowest BCUT2D eigenvalue weighted by Gasteiger charge is -2.14. The molecule has 11 rings (SSSR count). The van der Waals surface area contributed by atoms with Gasteiger partial charge in [0.15, 0.2) is 5.82 Å². The first-order chi connectivity index (χ1) is 27.8. The molecule has 11 aromatic rings. The summed E-state index contributed by atoms with van der Waals surface area (Å²) in [6.07, 6.45) is 1.88. The maximum Gasteiger partial charge on any atom is 0.160 e. The molecule has 0 saturated heterocycles. The molecule has 4 heterocycles. The fourth-order valence-electron chi connectivity index (χ4n) is 8.22. The Bertz CT molecular complexity index is 3160. The molecule has 4 aromatic heterocycles. The topological polar surface area (TPSA) is 48.5 Å². The van der Waals surface area contributed by atoms with E-state index in [1.807, 2.05) is 48.7 Å². The maximum atomic E-state index is 5.09. The summed E-state index contributed by atoms with van der Waals surface area (Å²) in [6, 6.07) is 68.3. The van der Waals surface area contributed by atoms with E-state index in [0.717, 1.165) is 78.2 Å². The van der Waals surface area contributed by atoms with Gasteiger partial charge in [-0.15, -0.1) is 0 Å². The molecule has 56 heavy (non-hydrogen) atoms. The molecule has 0 fully saturated rings. The minimum atomic E-state index is 0.691. The zero-order valence-corrected chi connectivity index (χ0v) is 30.3. The van der Waals surface area contributed by atoms with Crippen molar-refractivity contribution in [3.63, 3.8) is 0 Å². The zero-order valence-electron chi connectivity index (χ0n) is 30.3. The van der Waals surface area contributed by atoms with E-state index in [9.17, 15) is 0 Å². The molecular weight excluding hydrogens is 683 g/mol. The van der Waals surface area contributed by atoms with Crippen LogP contribution in [0.15, 0.2) is 200 Å². The van der Waals surface area contributed by atoms with Crippen LogP contribution >= 0.6 is 0 Å². The number of para-hydroxylation sites is 3. The van der Waals surface area contributed by atoms with E-state index >= 15 is 0 Å². The summed E-state index contributed by atoms with van der Waals surface area (Å²) in [5.41, 5.74) is 13.7. The van der Waals surface area contributed by atoms with Gasteiger partial charge in [0.05, 0.1) is 27.9 Å². The van der Waals surface area contributed by atoms with Gasteiger partial charge in [-0.05, 0) is 72.3 Å². The Kier molecular flexibility index (Phi) is 7.42. The van der Waals surface area contributed by atoms with Gasteiger partial charge in [-0.1, -0.05) is 127 Å². The van der Waals surface area contributed by atoms with Crippen molar-refractivity contribution in [2.75, 3.05) is 0 Å². The molecule has 7 aromatic carbocycles. The van der Waals surface area contributed by atoms with Gasteiger partial charge in [-0.2, -0.15) is 0 Å². The Balaban J connectivity index is 1.09.